The number of fused-ring (bicyclic) bond motifs is 6. The van der Waals surface area contributed by atoms with Gasteiger partial charge in [-0.2, -0.15) is 0 Å². The molecule has 0 saturated heterocycles. The predicted octanol–water partition coefficient (Wildman–Crippen LogP) is 26.2. The SMILES string of the molecule is CC(C)[Si](COc1ccc(F)cc1-c1cc(C(C)(C)CC(C)(C)C)cc(-n2c3ccc(C(C)(C)C)cc3c3cc(C(C)(C)C)ccc32)c1O)(COc1ccc(F)cc1-c1cc(C(C)(C)CC(C)(C)C)cc(-n2c3ccc(C(C)(C)C)cc3c3cc(C(C)(C)C)ccc32)c1O)C(C)C.[CH3-].[CH3-].[Hf]. The average Bonchev–Trinajstić information content (AvgIpc) is 1.53. The smallest absolute Gasteiger partial charge is 0.147 e. The third-order valence-corrected chi connectivity index (χ3v) is 26.9. The fourth-order valence-electron chi connectivity index (χ4n) is 15.5. The van der Waals surface area contributed by atoms with Gasteiger partial charge in [-0.15, -0.1) is 0 Å². The molecule has 0 saturated carbocycles. The minimum atomic E-state index is -2.82. The van der Waals surface area contributed by atoms with Gasteiger partial charge < -0.3 is 43.7 Å². The Morgan fingerprint density at radius 1 is 0.360 bits per heavy atom. The first-order chi connectivity index (χ1) is 44.6. The van der Waals surface area contributed by atoms with Gasteiger partial charge in [-0.25, -0.2) is 8.78 Å². The van der Waals surface area contributed by atoms with Gasteiger partial charge in [0.25, 0.3) is 0 Å². The summed E-state index contributed by atoms with van der Waals surface area (Å²) in [5.41, 5.74) is 12.7. The first-order valence-corrected chi connectivity index (χ1v) is 38.0. The van der Waals surface area contributed by atoms with Crippen LogP contribution in [0.3, 0.4) is 0 Å². The largest absolute Gasteiger partial charge is 0.505 e. The Labute approximate surface area is 620 Å². The molecule has 10 rings (SSSR count). The third-order valence-electron chi connectivity index (χ3n) is 20.9. The molecule has 0 aliphatic heterocycles. The molecule has 10 heteroatoms. The molecular weight excluding hydrogens is 1420 g/mol. The van der Waals surface area contributed by atoms with Crippen LogP contribution in [0, 0.1) is 37.3 Å². The van der Waals surface area contributed by atoms with Crippen molar-refractivity contribution in [3.05, 3.63) is 193 Å². The number of halogens is 2. The number of aromatic nitrogens is 2. The second-order valence-electron chi connectivity index (χ2n) is 37.0. The van der Waals surface area contributed by atoms with Gasteiger partial charge >= 0.3 is 0 Å². The minimum Gasteiger partial charge on any atom is -0.505 e. The molecule has 0 atom stereocenters. The van der Waals surface area contributed by atoms with Crippen molar-refractivity contribution in [2.45, 2.75) is 236 Å². The molecule has 0 spiro atoms. The van der Waals surface area contributed by atoms with E-state index in [0.717, 1.165) is 67.6 Å². The molecule has 100 heavy (non-hydrogen) atoms. The summed E-state index contributed by atoms with van der Waals surface area (Å²) in [5.74, 6) is 0.0315. The van der Waals surface area contributed by atoms with Crippen LogP contribution < -0.4 is 9.47 Å². The van der Waals surface area contributed by atoms with Crippen LogP contribution >= 0.6 is 0 Å². The average molecular weight is 1540 g/mol. The molecule has 0 unspecified atom stereocenters. The van der Waals surface area contributed by atoms with Crippen molar-refractivity contribution in [1.29, 1.82) is 0 Å². The molecule has 10 aromatic rings. The Morgan fingerprint density at radius 2 is 0.630 bits per heavy atom. The Morgan fingerprint density at radius 3 is 0.870 bits per heavy atom. The van der Waals surface area contributed by atoms with E-state index in [9.17, 15) is 10.2 Å². The van der Waals surface area contributed by atoms with Crippen molar-refractivity contribution in [2.75, 3.05) is 12.5 Å². The molecule has 536 valence electrons. The topological polar surface area (TPSA) is 68.8 Å². The van der Waals surface area contributed by atoms with E-state index < -0.39 is 30.5 Å². The molecule has 2 N–H and O–H groups in total. The van der Waals surface area contributed by atoms with Gasteiger partial charge in [-0.3, -0.25) is 0 Å². The van der Waals surface area contributed by atoms with Crippen LogP contribution in [0.25, 0.3) is 77.2 Å². The van der Waals surface area contributed by atoms with Crippen molar-refractivity contribution in [1.82, 2.24) is 9.13 Å². The Balaban J connectivity index is 0.00000468. The molecule has 0 radical (unpaired) electrons. The normalized spacial score (nSPS) is 13.2. The molecule has 2 heterocycles. The van der Waals surface area contributed by atoms with Gasteiger partial charge in [-0.05, 0) is 210 Å². The standard InChI is InChI=1S/C88H112F2N2O4Si.2CH3.Hf/c1-53(2)97(54(3)4,51-95-77-37-31-61(89)47-67(77)69-43-59(87(23,24)49-81(5,6)7)45-75(79(69)93)91-71-33-27-55(83(11,12)13)39-63(71)64-40-56(84(14,15)16)28-34-72(64)91)52-96-78-38-32-62(90)48-68(78)70-44-60(88(25,26)50-82(8,9)10)46-76(80(70)94)92-73-35-29-57(85(17,18)19)41-65(73)66-42-58(86(20,21)22)30-36-74(66)92;;;/h27-48,53-54,93-94H,49-52H2,1-26H3;2*1H3;/q;2*-1;. The van der Waals surface area contributed by atoms with Crippen molar-refractivity contribution >= 4 is 51.7 Å². The van der Waals surface area contributed by atoms with Gasteiger partial charge in [0, 0.05) is 69.6 Å². The first-order valence-electron chi connectivity index (χ1n) is 35.4. The summed E-state index contributed by atoms with van der Waals surface area (Å²) < 4.78 is 51.7. The Kier molecular flexibility index (Phi) is 22.9. The van der Waals surface area contributed by atoms with Crippen LogP contribution in [0.4, 0.5) is 8.78 Å². The zero-order valence-corrected chi connectivity index (χ0v) is 70.6. The third kappa shape index (κ3) is 16.1. The summed E-state index contributed by atoms with van der Waals surface area (Å²) >= 11 is 0. The zero-order chi connectivity index (χ0) is 71.6. The number of rotatable bonds is 16. The number of ether oxygens (including phenoxy) is 2. The van der Waals surface area contributed by atoms with Gasteiger partial charge in [0.05, 0.1) is 45.9 Å². The van der Waals surface area contributed by atoms with Crippen LogP contribution in [0.5, 0.6) is 23.0 Å². The number of benzene rings is 8. The molecule has 0 aliphatic carbocycles. The zero-order valence-electron chi connectivity index (χ0n) is 66.0. The van der Waals surface area contributed by atoms with E-state index in [1.165, 1.54) is 46.5 Å². The maximum atomic E-state index is 16.4. The van der Waals surface area contributed by atoms with E-state index >= 15 is 8.78 Å². The number of nitrogens with zero attached hydrogens (tertiary/aromatic N) is 2. The monoisotopic (exact) mass is 1540 g/mol. The molecule has 0 bridgehead atoms. The number of phenols is 2. The van der Waals surface area contributed by atoms with Gasteiger partial charge in [0.2, 0.25) is 0 Å². The fraction of sp³-hybridized carbons (Fsp3) is 0.444. The summed E-state index contributed by atoms with van der Waals surface area (Å²) in [6.07, 6.45) is 2.24. The summed E-state index contributed by atoms with van der Waals surface area (Å²) in [4.78, 5) is 0. The Bertz CT molecular complexity index is 4220. The van der Waals surface area contributed by atoms with Gasteiger partial charge in [-0.1, -0.05) is 204 Å². The quantitative estimate of drug-likeness (QED) is 0.0747. The molecule has 0 fully saturated rings. The maximum Gasteiger partial charge on any atom is 0.147 e. The minimum absolute atomic E-state index is 0. The van der Waals surface area contributed by atoms with E-state index in [1.807, 2.05) is 0 Å². The van der Waals surface area contributed by atoms with Crippen LogP contribution in [-0.4, -0.2) is 39.9 Å². The molecular formula is C90H118F2HfN2O4Si-2. The number of hydrogen-bond acceptors (Lipinski definition) is 4. The summed E-state index contributed by atoms with van der Waals surface area (Å²) in [6.45, 7) is 58.4. The van der Waals surface area contributed by atoms with Crippen molar-refractivity contribution in [2.24, 2.45) is 10.8 Å². The Hall–Kier alpha value is -6.49. The summed E-state index contributed by atoms with van der Waals surface area (Å²) in [7, 11) is -2.82. The molecule has 0 aliphatic rings. The number of hydrogen-bond donors (Lipinski definition) is 2. The summed E-state index contributed by atoms with van der Waals surface area (Å²) in [6, 6.07) is 44.5. The van der Waals surface area contributed by atoms with Crippen LogP contribution in [0.15, 0.2) is 133 Å². The van der Waals surface area contributed by atoms with E-state index in [0.29, 0.717) is 45.1 Å². The van der Waals surface area contributed by atoms with E-state index in [-0.39, 0.29) is 108 Å². The predicted molar refractivity (Wildman–Crippen MR) is 424 cm³/mol. The van der Waals surface area contributed by atoms with E-state index in [1.54, 1.807) is 12.1 Å². The van der Waals surface area contributed by atoms with Gasteiger partial charge in [0.15, 0.2) is 0 Å². The van der Waals surface area contributed by atoms with Crippen LogP contribution in [0.2, 0.25) is 11.1 Å². The van der Waals surface area contributed by atoms with E-state index in [4.69, 9.17) is 9.47 Å². The molecule has 0 amide bonds. The first kappa shape index (κ1) is 80.8. The van der Waals surface area contributed by atoms with Crippen molar-refractivity contribution in [3.8, 4) is 56.6 Å². The van der Waals surface area contributed by atoms with E-state index in [2.05, 4.69) is 286 Å². The number of aromatic hydroxyl groups is 2. The second kappa shape index (κ2) is 28.3. The van der Waals surface area contributed by atoms with Crippen molar-refractivity contribution < 1.29 is 54.3 Å². The van der Waals surface area contributed by atoms with Crippen molar-refractivity contribution in [3.63, 3.8) is 0 Å². The second-order valence-corrected chi connectivity index (χ2v) is 42.4. The summed E-state index contributed by atoms with van der Waals surface area (Å²) in [5, 5.41) is 31.0. The number of phenolic OH excluding ortho intramolecular Hbond substituents is 2. The van der Waals surface area contributed by atoms with Crippen LogP contribution in [0.1, 0.15) is 226 Å². The molecule has 2 aromatic heterocycles. The van der Waals surface area contributed by atoms with Crippen LogP contribution in [-0.2, 0) is 58.3 Å². The maximum absolute atomic E-state index is 16.4. The fourth-order valence-corrected chi connectivity index (χ4v) is 19.1. The molecule has 8 aromatic carbocycles. The van der Waals surface area contributed by atoms with Gasteiger partial charge in [0.1, 0.15) is 42.7 Å². The molecule has 6 nitrogen and oxygen atoms in total.